The number of carboxylic acids is 1. The Hall–Kier alpha value is -1.57. The number of primary amides is 1. The number of rotatable bonds is 7. The number of nitrogens with two attached hydrogens (primary N) is 1. The predicted octanol–water partition coefficient (Wildman–Crippen LogP) is -4.23. The molecule has 10 nitrogen and oxygen atoms in total. The van der Waals surface area contributed by atoms with Gasteiger partial charge in [-0.3, -0.25) is 14.5 Å². The van der Waals surface area contributed by atoms with E-state index in [9.17, 15) is 24.3 Å². The van der Waals surface area contributed by atoms with Crippen LogP contribution in [0.2, 0.25) is 0 Å². The Morgan fingerprint density at radius 2 is 2.17 bits per heavy atom. The number of fused-ring (bicyclic) bond motifs is 1. The van der Waals surface area contributed by atoms with Gasteiger partial charge in [0, 0.05) is 23.3 Å². The summed E-state index contributed by atoms with van der Waals surface area (Å²) in [5.74, 6) is -2.66. The minimum Gasteiger partial charge on any atom is -0.543 e. The average molecular weight is 449 g/mol. The van der Waals surface area contributed by atoms with Gasteiger partial charge in [-0.2, -0.15) is 0 Å². The predicted molar refractivity (Wildman–Crippen MR) is 96.6 cm³/mol. The van der Waals surface area contributed by atoms with Gasteiger partial charge in [0.2, 0.25) is 5.91 Å². The summed E-state index contributed by atoms with van der Waals surface area (Å²) in [4.78, 5) is 49.4. The molecule has 3 amide bonds. The summed E-state index contributed by atoms with van der Waals surface area (Å²) in [5.41, 5.74) is 2.99. The van der Waals surface area contributed by atoms with Crippen LogP contribution in [0.15, 0.2) is 28.8 Å². The zero-order chi connectivity index (χ0) is 20.5. The number of nitrogens with one attached hydrogen (secondary N) is 1. The van der Waals surface area contributed by atoms with E-state index >= 15 is 0 Å². The summed E-state index contributed by atoms with van der Waals surface area (Å²) < 4.78 is 9.97. The Labute approximate surface area is 196 Å². The van der Waals surface area contributed by atoms with E-state index in [0.717, 1.165) is 9.78 Å². The smallest absolute Gasteiger partial charge is 0.543 e. The van der Waals surface area contributed by atoms with Gasteiger partial charge in [-0.25, -0.2) is 4.79 Å². The van der Waals surface area contributed by atoms with Crippen molar-refractivity contribution in [2.24, 2.45) is 5.73 Å². The number of thiophene rings is 1. The molecule has 2 aliphatic rings. The summed E-state index contributed by atoms with van der Waals surface area (Å²) in [6.45, 7) is -0.382. The second-order valence-electron chi connectivity index (χ2n) is 5.93. The van der Waals surface area contributed by atoms with Crippen molar-refractivity contribution >= 4 is 47.0 Å². The monoisotopic (exact) mass is 449 g/mol. The molecule has 0 spiro atoms. The van der Waals surface area contributed by atoms with E-state index in [0.29, 0.717) is 0 Å². The van der Waals surface area contributed by atoms with Gasteiger partial charge >= 0.3 is 35.7 Å². The van der Waals surface area contributed by atoms with Crippen molar-refractivity contribution in [2.45, 2.75) is 17.5 Å². The first kappa shape index (κ1) is 23.7. The molecule has 1 saturated heterocycles. The summed E-state index contributed by atoms with van der Waals surface area (Å²) >= 11 is 2.57. The molecule has 0 bridgehead atoms. The Balaban J connectivity index is 0.00000300. The van der Waals surface area contributed by atoms with Crippen molar-refractivity contribution in [3.63, 3.8) is 0 Å². The standard InChI is InChI=1S/C16H17N3O7S2.Na/c1-25-16(18-10(20)5-9-3-2-4-27-9)13(23)19-11(12(21)22)8(6-26-15(17)24)7-28-14(16)19;/h2-4,14H,5-7H2,1H3,(H2,17,24)(H,18,20)(H,21,22);/q;+1/p-1/t14-,16-;/m1./s1. The van der Waals surface area contributed by atoms with Crippen LogP contribution in [0.5, 0.6) is 0 Å². The number of aliphatic carboxylic acids is 1. The normalized spacial score (nSPS) is 22.9. The molecular weight excluding hydrogens is 433 g/mol. The molecule has 29 heavy (non-hydrogen) atoms. The molecular formula is C16H16N3NaO7S2. The maximum Gasteiger partial charge on any atom is 1.00 e. The van der Waals surface area contributed by atoms with E-state index in [1.165, 1.54) is 30.2 Å². The van der Waals surface area contributed by atoms with Crippen LogP contribution in [0.25, 0.3) is 0 Å². The van der Waals surface area contributed by atoms with Gasteiger partial charge in [0.25, 0.3) is 11.6 Å². The number of methoxy groups -OCH3 is 1. The average Bonchev–Trinajstić information content (AvgIpc) is 3.15. The minimum atomic E-state index is -1.68. The number of nitrogens with zero attached hydrogens (tertiary/aromatic N) is 1. The number of ether oxygens (including phenoxy) is 2. The van der Waals surface area contributed by atoms with E-state index in [1.807, 2.05) is 5.38 Å². The van der Waals surface area contributed by atoms with Crippen LogP contribution in [-0.4, -0.2) is 59.3 Å². The molecule has 0 saturated carbocycles. The maximum atomic E-state index is 12.8. The van der Waals surface area contributed by atoms with Crippen molar-refractivity contribution in [1.29, 1.82) is 0 Å². The Bertz CT molecular complexity index is 861. The largest absolute Gasteiger partial charge is 1.00 e. The van der Waals surface area contributed by atoms with Gasteiger partial charge in [-0.1, -0.05) is 6.07 Å². The maximum absolute atomic E-state index is 12.8. The molecule has 0 radical (unpaired) electrons. The number of carbonyl (C=O) groups is 4. The molecule has 150 valence electrons. The molecule has 13 heteroatoms. The SMILES string of the molecule is CO[C@]1(NC(=O)Cc2cccs2)C(=O)N2C(C(=O)[O-])=C(COC(N)=O)CS[C@@H]21.[Na+]. The molecule has 0 aromatic carbocycles. The van der Waals surface area contributed by atoms with Gasteiger partial charge in [0.15, 0.2) is 0 Å². The number of thioether (sulfide) groups is 1. The third kappa shape index (κ3) is 4.47. The summed E-state index contributed by atoms with van der Waals surface area (Å²) in [5, 5.41) is 15.2. The van der Waals surface area contributed by atoms with Gasteiger partial charge < -0.3 is 30.4 Å². The topological polar surface area (TPSA) is 151 Å². The molecule has 1 aromatic heterocycles. The van der Waals surface area contributed by atoms with Crippen molar-refractivity contribution in [3.8, 4) is 0 Å². The van der Waals surface area contributed by atoms with Crippen LogP contribution in [-0.2, 0) is 30.3 Å². The van der Waals surface area contributed by atoms with Crippen LogP contribution in [0, 0.1) is 0 Å². The molecule has 2 aliphatic heterocycles. The Morgan fingerprint density at radius 3 is 2.72 bits per heavy atom. The van der Waals surface area contributed by atoms with E-state index in [2.05, 4.69) is 10.1 Å². The van der Waals surface area contributed by atoms with Gasteiger partial charge in [0.05, 0.1) is 18.1 Å². The molecule has 1 aromatic rings. The van der Waals surface area contributed by atoms with Gasteiger partial charge in [-0.15, -0.1) is 23.1 Å². The Kier molecular flexibility index (Phi) is 7.76. The number of hydrogen-bond donors (Lipinski definition) is 2. The fourth-order valence-corrected chi connectivity index (χ4v) is 5.15. The summed E-state index contributed by atoms with van der Waals surface area (Å²) in [6, 6.07) is 3.59. The molecule has 0 unspecified atom stereocenters. The second kappa shape index (κ2) is 9.49. The van der Waals surface area contributed by atoms with Crippen molar-refractivity contribution in [2.75, 3.05) is 19.5 Å². The van der Waals surface area contributed by atoms with Gasteiger partial charge in [-0.05, 0) is 11.4 Å². The fraction of sp³-hybridized carbons (Fsp3) is 0.375. The zero-order valence-electron chi connectivity index (χ0n) is 15.6. The number of hydrogen-bond acceptors (Lipinski definition) is 9. The number of amides is 3. The number of β-lactam (4-membered cyclic amide) rings is 1. The van der Waals surface area contributed by atoms with E-state index < -0.39 is 40.7 Å². The first-order chi connectivity index (χ1) is 13.3. The molecule has 2 atom stereocenters. The summed E-state index contributed by atoms with van der Waals surface area (Å²) in [6.07, 6.45) is -1.01. The quantitative estimate of drug-likeness (QED) is 0.241. The molecule has 0 aliphatic carbocycles. The van der Waals surface area contributed by atoms with E-state index in [4.69, 9.17) is 10.5 Å². The Morgan fingerprint density at radius 1 is 1.45 bits per heavy atom. The second-order valence-corrected chi connectivity index (χ2v) is 8.03. The third-order valence-electron chi connectivity index (χ3n) is 4.25. The van der Waals surface area contributed by atoms with Crippen molar-refractivity contribution in [1.82, 2.24) is 10.2 Å². The first-order valence-corrected chi connectivity index (χ1v) is 9.92. The van der Waals surface area contributed by atoms with E-state index in [1.54, 1.807) is 12.1 Å². The first-order valence-electron chi connectivity index (χ1n) is 7.99. The minimum absolute atomic E-state index is 0. The number of carbonyl (C=O) groups excluding carboxylic acids is 4. The van der Waals surface area contributed by atoms with Crippen molar-refractivity contribution < 1.29 is 63.3 Å². The molecule has 1 fully saturated rings. The molecule has 3 rings (SSSR count). The molecule has 3 heterocycles. The molecule has 3 N–H and O–H groups in total. The van der Waals surface area contributed by atoms with Crippen LogP contribution >= 0.6 is 23.1 Å². The van der Waals surface area contributed by atoms with Crippen LogP contribution in [0.3, 0.4) is 0 Å². The van der Waals surface area contributed by atoms with Crippen molar-refractivity contribution in [3.05, 3.63) is 33.7 Å². The van der Waals surface area contributed by atoms with E-state index in [-0.39, 0.29) is 53.9 Å². The zero-order valence-corrected chi connectivity index (χ0v) is 19.3. The summed E-state index contributed by atoms with van der Waals surface area (Å²) in [7, 11) is 1.26. The van der Waals surface area contributed by atoms with Gasteiger partial charge in [0.1, 0.15) is 12.0 Å². The fourth-order valence-electron chi connectivity index (χ4n) is 3.02. The third-order valence-corrected chi connectivity index (χ3v) is 6.50. The van der Waals surface area contributed by atoms with Crippen LogP contribution < -0.4 is 45.7 Å². The van der Waals surface area contributed by atoms with Crippen LogP contribution in [0.1, 0.15) is 4.88 Å². The number of carboxylic acid groups (broad SMARTS) is 1. The van der Waals surface area contributed by atoms with Crippen LogP contribution in [0.4, 0.5) is 4.79 Å².